The molecule has 1 aliphatic carbocycles. The molecule has 1 fully saturated rings. The molecule has 1 aromatic heterocycles. The Bertz CT molecular complexity index is 1210. The number of hydrogen-bond acceptors (Lipinski definition) is 7. The summed E-state index contributed by atoms with van der Waals surface area (Å²) < 4.78 is 41.0. The van der Waals surface area contributed by atoms with E-state index in [0.29, 0.717) is 49.7 Å². The van der Waals surface area contributed by atoms with Gasteiger partial charge in [0.25, 0.3) is 0 Å². The highest BCUT2D eigenvalue weighted by Gasteiger charge is 2.24. The zero-order valence-electron chi connectivity index (χ0n) is 17.8. The molecule has 172 valence electrons. The first-order chi connectivity index (χ1) is 15.9. The Morgan fingerprint density at radius 1 is 0.970 bits per heavy atom. The average Bonchev–Trinajstić information content (AvgIpc) is 2.81. The number of hydrogen-bond donors (Lipinski definition) is 3. The number of carbonyl (C=O) groups excluding carboxylic acids is 1. The number of carbonyl (C=O) groups is 1. The van der Waals surface area contributed by atoms with E-state index in [9.17, 15) is 17.6 Å². The monoisotopic (exact) mass is 469 g/mol. The number of Topliss-reactive ketones (excluding diaryl/α,β-unsaturated/α-hetero) is 1. The van der Waals surface area contributed by atoms with E-state index in [4.69, 9.17) is 0 Å². The van der Waals surface area contributed by atoms with Crippen LogP contribution in [-0.4, -0.2) is 30.2 Å². The Labute approximate surface area is 191 Å². The molecule has 0 amide bonds. The van der Waals surface area contributed by atoms with Crippen molar-refractivity contribution in [1.29, 1.82) is 0 Å². The highest BCUT2D eigenvalue weighted by molar-refractivity contribution is 7.89. The number of nitrogens with zero attached hydrogens (tertiary/aromatic N) is 2. The van der Waals surface area contributed by atoms with Gasteiger partial charge in [-0.15, -0.1) is 0 Å². The SMILES string of the molecule is O=C1CCC(NS(=O)(=O)c2ccc(CNc3nccc(Nc4ccc(F)cc4)n3)cc2)CC1. The first-order valence-corrected chi connectivity index (χ1v) is 12.1. The van der Waals surface area contributed by atoms with Crippen LogP contribution in [0.3, 0.4) is 0 Å². The summed E-state index contributed by atoms with van der Waals surface area (Å²) in [5, 5.41) is 6.18. The van der Waals surface area contributed by atoms with Crippen molar-refractivity contribution in [1.82, 2.24) is 14.7 Å². The highest BCUT2D eigenvalue weighted by Crippen LogP contribution is 2.19. The van der Waals surface area contributed by atoms with Crippen LogP contribution in [0, 0.1) is 5.82 Å². The quantitative estimate of drug-likeness (QED) is 0.460. The summed E-state index contributed by atoms with van der Waals surface area (Å²) in [6, 6.07) is 14.0. The summed E-state index contributed by atoms with van der Waals surface area (Å²) in [6.45, 7) is 0.401. The predicted molar refractivity (Wildman–Crippen MR) is 123 cm³/mol. The first-order valence-electron chi connectivity index (χ1n) is 10.6. The van der Waals surface area contributed by atoms with Crippen molar-refractivity contribution in [2.75, 3.05) is 10.6 Å². The van der Waals surface area contributed by atoms with Crippen molar-refractivity contribution in [2.24, 2.45) is 0 Å². The summed E-state index contributed by atoms with van der Waals surface area (Å²) in [6.07, 6.45) is 3.51. The molecule has 4 rings (SSSR count). The molecule has 1 aliphatic rings. The van der Waals surface area contributed by atoms with E-state index in [-0.39, 0.29) is 22.5 Å². The van der Waals surface area contributed by atoms with Gasteiger partial charge in [0.2, 0.25) is 16.0 Å². The topological polar surface area (TPSA) is 113 Å². The Hall–Kier alpha value is -3.37. The zero-order chi connectivity index (χ0) is 23.3. The normalized spacial score (nSPS) is 14.8. The minimum Gasteiger partial charge on any atom is -0.350 e. The summed E-state index contributed by atoms with van der Waals surface area (Å²) >= 11 is 0. The van der Waals surface area contributed by atoms with Crippen LogP contribution in [0.1, 0.15) is 31.2 Å². The van der Waals surface area contributed by atoms with Crippen molar-refractivity contribution in [2.45, 2.75) is 43.2 Å². The molecule has 10 heteroatoms. The molecular formula is C23H24FN5O3S. The molecule has 33 heavy (non-hydrogen) atoms. The summed E-state index contributed by atoms with van der Waals surface area (Å²) in [7, 11) is -3.64. The van der Waals surface area contributed by atoms with Gasteiger partial charge < -0.3 is 10.6 Å². The molecule has 0 radical (unpaired) electrons. The van der Waals surface area contributed by atoms with E-state index in [1.54, 1.807) is 48.7 Å². The number of benzene rings is 2. The number of anilines is 3. The fraction of sp³-hybridized carbons (Fsp3) is 0.261. The molecule has 3 aromatic rings. The van der Waals surface area contributed by atoms with Crippen LogP contribution in [0.2, 0.25) is 0 Å². The Morgan fingerprint density at radius 2 is 1.67 bits per heavy atom. The molecule has 3 N–H and O–H groups in total. The predicted octanol–water partition coefficient (Wildman–Crippen LogP) is 3.76. The number of nitrogens with one attached hydrogen (secondary N) is 3. The van der Waals surface area contributed by atoms with E-state index in [1.807, 2.05) is 0 Å². The van der Waals surface area contributed by atoms with E-state index in [2.05, 4.69) is 25.3 Å². The van der Waals surface area contributed by atoms with Crippen molar-refractivity contribution >= 4 is 33.3 Å². The Morgan fingerprint density at radius 3 is 2.36 bits per heavy atom. The molecule has 8 nitrogen and oxygen atoms in total. The molecule has 0 aliphatic heterocycles. The van der Waals surface area contributed by atoms with Crippen molar-refractivity contribution < 1.29 is 17.6 Å². The fourth-order valence-electron chi connectivity index (χ4n) is 3.51. The summed E-state index contributed by atoms with van der Waals surface area (Å²) in [4.78, 5) is 20.1. The van der Waals surface area contributed by atoms with Crippen LogP contribution in [-0.2, 0) is 21.4 Å². The van der Waals surface area contributed by atoms with Gasteiger partial charge in [0.1, 0.15) is 17.4 Å². The maximum Gasteiger partial charge on any atom is 0.240 e. The van der Waals surface area contributed by atoms with Gasteiger partial charge in [0, 0.05) is 37.3 Å². The average molecular weight is 470 g/mol. The van der Waals surface area contributed by atoms with Gasteiger partial charge in [-0.25, -0.2) is 22.5 Å². The third kappa shape index (κ3) is 6.33. The largest absolute Gasteiger partial charge is 0.350 e. The smallest absolute Gasteiger partial charge is 0.240 e. The lowest BCUT2D eigenvalue weighted by Gasteiger charge is -2.22. The minimum atomic E-state index is -3.64. The Balaban J connectivity index is 1.33. The van der Waals surface area contributed by atoms with Crippen LogP contribution >= 0.6 is 0 Å². The lowest BCUT2D eigenvalue weighted by atomic mass is 9.95. The standard InChI is InChI=1S/C23H24FN5O3S/c24-17-3-5-18(6-4-17)27-22-13-14-25-23(28-22)26-15-16-1-11-21(12-2-16)33(31,32)29-19-7-9-20(30)10-8-19/h1-6,11-14,19,29H,7-10,15H2,(H2,25,26,27,28). The number of aromatic nitrogens is 2. The maximum atomic E-state index is 13.0. The van der Waals surface area contributed by atoms with Crippen LogP contribution in [0.5, 0.6) is 0 Å². The fourth-order valence-corrected chi connectivity index (χ4v) is 4.81. The van der Waals surface area contributed by atoms with Crippen molar-refractivity contribution in [3.63, 3.8) is 0 Å². The number of ketones is 1. The lowest BCUT2D eigenvalue weighted by molar-refractivity contribution is -0.120. The van der Waals surface area contributed by atoms with Crippen LogP contribution < -0.4 is 15.4 Å². The molecule has 0 atom stereocenters. The van der Waals surface area contributed by atoms with Gasteiger partial charge in [-0.05, 0) is 60.9 Å². The van der Waals surface area contributed by atoms with E-state index in [0.717, 1.165) is 5.56 Å². The van der Waals surface area contributed by atoms with Crippen molar-refractivity contribution in [3.8, 4) is 0 Å². The molecular weight excluding hydrogens is 445 g/mol. The molecule has 0 bridgehead atoms. The highest BCUT2D eigenvalue weighted by atomic mass is 32.2. The van der Waals surface area contributed by atoms with E-state index in [1.165, 1.54) is 12.1 Å². The van der Waals surface area contributed by atoms with Crippen molar-refractivity contribution in [3.05, 3.63) is 72.2 Å². The lowest BCUT2D eigenvalue weighted by Crippen LogP contribution is -2.37. The van der Waals surface area contributed by atoms with Crippen LogP contribution in [0.15, 0.2) is 65.7 Å². The van der Waals surface area contributed by atoms with Gasteiger partial charge in [0.15, 0.2) is 0 Å². The van der Waals surface area contributed by atoms with Gasteiger partial charge in [0.05, 0.1) is 4.90 Å². The third-order valence-corrected chi connectivity index (χ3v) is 6.86. The number of halogens is 1. The van der Waals surface area contributed by atoms with Gasteiger partial charge >= 0.3 is 0 Å². The second kappa shape index (κ2) is 10.1. The molecule has 0 spiro atoms. The number of rotatable bonds is 8. The second-order valence-corrected chi connectivity index (χ2v) is 9.54. The second-order valence-electron chi connectivity index (χ2n) is 7.83. The summed E-state index contributed by atoms with van der Waals surface area (Å²) in [5.74, 6) is 0.817. The van der Waals surface area contributed by atoms with Gasteiger partial charge in [-0.3, -0.25) is 4.79 Å². The zero-order valence-corrected chi connectivity index (χ0v) is 18.6. The maximum absolute atomic E-state index is 13.0. The minimum absolute atomic E-state index is 0.183. The Kier molecular flexibility index (Phi) is 6.95. The van der Waals surface area contributed by atoms with Crippen LogP contribution in [0.4, 0.5) is 21.8 Å². The van der Waals surface area contributed by atoms with Gasteiger partial charge in [-0.1, -0.05) is 12.1 Å². The van der Waals surface area contributed by atoms with E-state index >= 15 is 0 Å². The summed E-state index contributed by atoms with van der Waals surface area (Å²) in [5.41, 5.74) is 1.56. The van der Waals surface area contributed by atoms with Gasteiger partial charge in [-0.2, -0.15) is 4.98 Å². The molecule has 0 saturated heterocycles. The van der Waals surface area contributed by atoms with E-state index < -0.39 is 10.0 Å². The first kappa shape index (κ1) is 22.8. The molecule has 1 saturated carbocycles. The number of sulfonamides is 1. The third-order valence-electron chi connectivity index (χ3n) is 5.32. The molecule has 0 unspecified atom stereocenters. The molecule has 2 aromatic carbocycles. The molecule has 1 heterocycles. The van der Waals surface area contributed by atoms with Crippen LogP contribution in [0.25, 0.3) is 0 Å².